The van der Waals surface area contributed by atoms with Gasteiger partial charge in [-0.3, -0.25) is 0 Å². The third-order valence-electron chi connectivity index (χ3n) is 2.58. The van der Waals surface area contributed by atoms with Gasteiger partial charge in [0.1, 0.15) is 5.94 Å². The van der Waals surface area contributed by atoms with Crippen molar-refractivity contribution in [3.63, 3.8) is 0 Å². The summed E-state index contributed by atoms with van der Waals surface area (Å²) < 4.78 is 0. The van der Waals surface area contributed by atoms with Crippen molar-refractivity contribution in [3.05, 3.63) is 59.7 Å². The fourth-order valence-electron chi connectivity index (χ4n) is 1.87. The predicted octanol–water partition coefficient (Wildman–Crippen LogP) is 3.51. The number of carbonyl (C=O) groups excluding carboxylic acids is 1. The average molecular weight is 208 g/mol. The summed E-state index contributed by atoms with van der Waals surface area (Å²) in [5.74, 6) is 1.85. The number of aryl methyl sites for hydroxylation is 1. The van der Waals surface area contributed by atoms with Gasteiger partial charge in [-0.15, -0.1) is 0 Å². The number of hydrogen-bond acceptors (Lipinski definition) is 1. The Balaban J connectivity index is 2.68. The second-order valence-electron chi connectivity index (χ2n) is 3.67. The van der Waals surface area contributed by atoms with E-state index in [1.54, 1.807) is 0 Å². The van der Waals surface area contributed by atoms with Gasteiger partial charge in [-0.25, -0.2) is 4.79 Å². The zero-order chi connectivity index (χ0) is 11.4. The molecule has 2 aromatic rings. The summed E-state index contributed by atoms with van der Waals surface area (Å²) in [6, 6.07) is 16.0. The minimum absolute atomic E-state index is 0.918. The van der Waals surface area contributed by atoms with E-state index in [-0.39, 0.29) is 0 Å². The molecule has 0 N–H and O–H groups in total. The molecule has 1 heteroatoms. The second-order valence-corrected chi connectivity index (χ2v) is 3.67. The van der Waals surface area contributed by atoms with Crippen LogP contribution >= 0.6 is 0 Å². The first-order valence-corrected chi connectivity index (χ1v) is 5.19. The lowest BCUT2D eigenvalue weighted by molar-refractivity contribution is 0.570. The van der Waals surface area contributed by atoms with E-state index in [9.17, 15) is 4.79 Å². The molecule has 0 radical (unpaired) electrons. The summed E-state index contributed by atoms with van der Waals surface area (Å²) in [5, 5.41) is 0. The SMILES string of the molecule is Cc1cccc(C=C=O)c1-c1ccccc1. The van der Waals surface area contributed by atoms with Gasteiger partial charge in [0, 0.05) is 6.08 Å². The monoisotopic (exact) mass is 208 g/mol. The number of rotatable bonds is 2. The maximum Gasteiger partial charge on any atom is 0.125 e. The molecule has 1 nitrogen and oxygen atoms in total. The Morgan fingerprint density at radius 3 is 2.44 bits per heavy atom. The molecular formula is C15H12O. The number of benzene rings is 2. The molecule has 2 aromatic carbocycles. The highest BCUT2D eigenvalue weighted by molar-refractivity contribution is 5.85. The van der Waals surface area contributed by atoms with Crippen LogP contribution in [0.15, 0.2) is 48.5 Å². The molecule has 0 atom stereocenters. The van der Waals surface area contributed by atoms with Gasteiger partial charge in [-0.2, -0.15) is 0 Å². The maximum absolute atomic E-state index is 10.5. The first kappa shape index (κ1) is 10.4. The van der Waals surface area contributed by atoms with Crippen molar-refractivity contribution >= 4 is 12.0 Å². The van der Waals surface area contributed by atoms with Crippen LogP contribution in [-0.4, -0.2) is 5.94 Å². The van der Waals surface area contributed by atoms with Crippen LogP contribution in [0.1, 0.15) is 11.1 Å². The first-order chi connectivity index (χ1) is 7.83. The third-order valence-corrected chi connectivity index (χ3v) is 2.58. The van der Waals surface area contributed by atoms with Crippen LogP contribution < -0.4 is 0 Å². The van der Waals surface area contributed by atoms with Gasteiger partial charge in [0.25, 0.3) is 0 Å². The van der Waals surface area contributed by atoms with E-state index >= 15 is 0 Å². The van der Waals surface area contributed by atoms with E-state index < -0.39 is 0 Å². The van der Waals surface area contributed by atoms with E-state index in [1.165, 1.54) is 6.08 Å². The molecule has 78 valence electrons. The van der Waals surface area contributed by atoms with Crippen molar-refractivity contribution in [1.29, 1.82) is 0 Å². The van der Waals surface area contributed by atoms with Crippen LogP contribution in [0.2, 0.25) is 0 Å². The van der Waals surface area contributed by atoms with Crippen molar-refractivity contribution in [2.24, 2.45) is 0 Å². The Labute approximate surface area is 95.1 Å². The van der Waals surface area contributed by atoms with Crippen LogP contribution in [0, 0.1) is 6.92 Å². The van der Waals surface area contributed by atoms with Gasteiger partial charge in [-0.1, -0.05) is 48.5 Å². The van der Waals surface area contributed by atoms with Crippen molar-refractivity contribution in [1.82, 2.24) is 0 Å². The van der Waals surface area contributed by atoms with Crippen molar-refractivity contribution < 1.29 is 4.79 Å². The minimum atomic E-state index is 0.918. The lowest BCUT2D eigenvalue weighted by Crippen LogP contribution is -1.87. The van der Waals surface area contributed by atoms with Gasteiger partial charge in [0.15, 0.2) is 0 Å². The summed E-state index contributed by atoms with van der Waals surface area (Å²) in [6.45, 7) is 2.05. The molecule has 0 aliphatic rings. The zero-order valence-corrected chi connectivity index (χ0v) is 9.10. The molecular weight excluding hydrogens is 196 g/mol. The Kier molecular flexibility index (Phi) is 3.00. The van der Waals surface area contributed by atoms with Gasteiger partial charge < -0.3 is 0 Å². The van der Waals surface area contributed by atoms with Crippen molar-refractivity contribution in [2.75, 3.05) is 0 Å². The fraction of sp³-hybridized carbons (Fsp3) is 0.0667. The highest BCUT2D eigenvalue weighted by Gasteiger charge is 2.05. The Bertz CT molecular complexity index is 535. The highest BCUT2D eigenvalue weighted by Crippen LogP contribution is 2.27. The van der Waals surface area contributed by atoms with Crippen LogP contribution in [0.5, 0.6) is 0 Å². The zero-order valence-electron chi connectivity index (χ0n) is 9.10. The predicted molar refractivity (Wildman–Crippen MR) is 66.8 cm³/mol. The van der Waals surface area contributed by atoms with Crippen LogP contribution in [0.3, 0.4) is 0 Å². The fourth-order valence-corrected chi connectivity index (χ4v) is 1.87. The van der Waals surface area contributed by atoms with Crippen LogP contribution in [0.4, 0.5) is 0 Å². The molecule has 0 amide bonds. The van der Waals surface area contributed by atoms with Crippen molar-refractivity contribution in [3.8, 4) is 11.1 Å². The smallest absolute Gasteiger partial charge is 0.125 e. The molecule has 0 aromatic heterocycles. The van der Waals surface area contributed by atoms with E-state index in [1.807, 2.05) is 61.4 Å². The quantitative estimate of drug-likeness (QED) is 0.690. The molecule has 0 heterocycles. The molecule has 0 aliphatic heterocycles. The van der Waals surface area contributed by atoms with Gasteiger partial charge in [-0.05, 0) is 29.2 Å². The maximum atomic E-state index is 10.5. The van der Waals surface area contributed by atoms with E-state index in [4.69, 9.17) is 0 Å². The third kappa shape index (κ3) is 1.95. The summed E-state index contributed by atoms with van der Waals surface area (Å²) in [7, 11) is 0. The molecule has 0 saturated heterocycles. The van der Waals surface area contributed by atoms with Crippen LogP contribution in [-0.2, 0) is 4.79 Å². The molecule has 0 saturated carbocycles. The molecule has 2 rings (SSSR count). The number of hydrogen-bond donors (Lipinski definition) is 0. The molecule has 0 unspecified atom stereocenters. The topological polar surface area (TPSA) is 17.1 Å². The Hall–Kier alpha value is -2.11. The van der Waals surface area contributed by atoms with E-state index in [0.29, 0.717) is 0 Å². The highest BCUT2D eigenvalue weighted by atomic mass is 16.1. The van der Waals surface area contributed by atoms with E-state index in [2.05, 4.69) is 0 Å². The molecule has 0 bridgehead atoms. The van der Waals surface area contributed by atoms with Gasteiger partial charge in [0.2, 0.25) is 0 Å². The lowest BCUT2D eigenvalue weighted by atomic mass is 9.95. The van der Waals surface area contributed by atoms with E-state index in [0.717, 1.165) is 22.3 Å². The van der Waals surface area contributed by atoms with Gasteiger partial charge in [0.05, 0.1) is 0 Å². The molecule has 0 fully saturated rings. The summed E-state index contributed by atoms with van der Waals surface area (Å²) in [5.41, 5.74) is 4.31. The summed E-state index contributed by atoms with van der Waals surface area (Å²) in [6.07, 6.45) is 1.48. The Morgan fingerprint density at radius 1 is 1.00 bits per heavy atom. The first-order valence-electron chi connectivity index (χ1n) is 5.19. The van der Waals surface area contributed by atoms with Crippen LogP contribution in [0.25, 0.3) is 17.2 Å². The largest absolute Gasteiger partial charge is 0.233 e. The summed E-state index contributed by atoms with van der Waals surface area (Å²) >= 11 is 0. The minimum Gasteiger partial charge on any atom is -0.233 e. The lowest BCUT2D eigenvalue weighted by Gasteiger charge is -2.09. The molecule has 16 heavy (non-hydrogen) atoms. The molecule has 0 aliphatic carbocycles. The second kappa shape index (κ2) is 4.61. The normalized spacial score (nSPS) is 9.56. The molecule has 0 spiro atoms. The summed E-state index contributed by atoms with van der Waals surface area (Å²) in [4.78, 5) is 10.5. The standard InChI is InChI=1S/C15H12O/c1-12-6-5-9-14(10-11-16)15(12)13-7-3-2-4-8-13/h2-10H,1H3. The van der Waals surface area contributed by atoms with Gasteiger partial charge >= 0.3 is 0 Å². The average Bonchev–Trinajstić information content (AvgIpc) is 2.31. The van der Waals surface area contributed by atoms with Crippen molar-refractivity contribution in [2.45, 2.75) is 6.92 Å². The Morgan fingerprint density at radius 2 is 1.75 bits per heavy atom.